The zero-order valence-corrected chi connectivity index (χ0v) is 14.6. The number of carbonyl (C=O) groups excluding carboxylic acids is 2. The molecule has 0 unspecified atom stereocenters. The molecule has 1 aliphatic heterocycles. The predicted molar refractivity (Wildman–Crippen MR) is 98.4 cm³/mol. The zero-order chi connectivity index (χ0) is 18.5. The van der Waals surface area contributed by atoms with E-state index in [1.165, 1.54) is 6.07 Å². The number of carbonyl (C=O) groups is 2. The maximum atomic E-state index is 12.5. The van der Waals surface area contributed by atoms with Crippen molar-refractivity contribution in [2.45, 2.75) is 12.8 Å². The van der Waals surface area contributed by atoms with E-state index >= 15 is 0 Å². The quantitative estimate of drug-likeness (QED) is 0.885. The van der Waals surface area contributed by atoms with Crippen molar-refractivity contribution in [1.29, 1.82) is 0 Å². The Labute approximate surface area is 152 Å². The highest BCUT2D eigenvalue weighted by atomic mass is 16.5. The van der Waals surface area contributed by atoms with E-state index in [0.29, 0.717) is 42.9 Å². The second-order valence-corrected chi connectivity index (χ2v) is 6.27. The molecule has 2 N–H and O–H groups in total. The first-order chi connectivity index (χ1) is 12.6. The summed E-state index contributed by atoms with van der Waals surface area (Å²) in [4.78, 5) is 26.7. The molecule has 1 fully saturated rings. The molecule has 0 aromatic heterocycles. The molecule has 0 atom stereocenters. The number of amides is 2. The molecule has 1 saturated heterocycles. The van der Waals surface area contributed by atoms with Crippen molar-refractivity contribution < 1.29 is 19.4 Å². The summed E-state index contributed by atoms with van der Waals surface area (Å²) in [6.07, 6.45) is 1.17. The number of nitrogens with zero attached hydrogens (tertiary/aromatic N) is 1. The van der Waals surface area contributed by atoms with Crippen molar-refractivity contribution in [1.82, 2.24) is 4.90 Å². The minimum absolute atomic E-state index is 0.0199. The SMILES string of the molecule is COc1ccccc1NC(=O)C1CCN(C(=O)c2ccccc2O)CC1. The van der Waals surface area contributed by atoms with E-state index in [1.54, 1.807) is 42.3 Å². The zero-order valence-electron chi connectivity index (χ0n) is 14.6. The molecule has 136 valence electrons. The molecular formula is C20H22N2O4. The van der Waals surface area contributed by atoms with Crippen LogP contribution in [0, 0.1) is 5.92 Å². The fraction of sp³-hybridized carbons (Fsp3) is 0.300. The molecule has 1 heterocycles. The maximum absolute atomic E-state index is 12.5. The Morgan fingerprint density at radius 2 is 1.73 bits per heavy atom. The van der Waals surface area contributed by atoms with Crippen molar-refractivity contribution in [2.75, 3.05) is 25.5 Å². The van der Waals surface area contributed by atoms with E-state index in [9.17, 15) is 14.7 Å². The Hall–Kier alpha value is -3.02. The smallest absolute Gasteiger partial charge is 0.257 e. The normalized spacial score (nSPS) is 14.7. The molecule has 6 nitrogen and oxygen atoms in total. The highest BCUT2D eigenvalue weighted by Crippen LogP contribution is 2.27. The fourth-order valence-corrected chi connectivity index (χ4v) is 3.15. The van der Waals surface area contributed by atoms with Gasteiger partial charge in [0.15, 0.2) is 0 Å². The van der Waals surface area contributed by atoms with Gasteiger partial charge in [-0.15, -0.1) is 0 Å². The van der Waals surface area contributed by atoms with Gasteiger partial charge in [-0.05, 0) is 37.1 Å². The Morgan fingerprint density at radius 1 is 1.08 bits per heavy atom. The Morgan fingerprint density at radius 3 is 2.42 bits per heavy atom. The summed E-state index contributed by atoms with van der Waals surface area (Å²) in [7, 11) is 1.56. The maximum Gasteiger partial charge on any atom is 0.257 e. The number of hydrogen-bond donors (Lipinski definition) is 2. The van der Waals surface area contributed by atoms with E-state index in [4.69, 9.17) is 4.74 Å². The van der Waals surface area contributed by atoms with Gasteiger partial charge in [-0.25, -0.2) is 0 Å². The Bertz CT molecular complexity index is 798. The third kappa shape index (κ3) is 3.79. The molecular weight excluding hydrogens is 332 g/mol. The van der Waals surface area contributed by atoms with Gasteiger partial charge in [-0.2, -0.15) is 0 Å². The number of anilines is 1. The number of ether oxygens (including phenoxy) is 1. The molecule has 26 heavy (non-hydrogen) atoms. The summed E-state index contributed by atoms with van der Waals surface area (Å²) < 4.78 is 5.25. The van der Waals surface area contributed by atoms with Crippen LogP contribution < -0.4 is 10.1 Å². The number of piperidine rings is 1. The fourth-order valence-electron chi connectivity index (χ4n) is 3.15. The van der Waals surface area contributed by atoms with Crippen LogP contribution in [0.3, 0.4) is 0 Å². The summed E-state index contributed by atoms with van der Waals surface area (Å²) in [5.41, 5.74) is 0.942. The van der Waals surface area contributed by atoms with Crippen molar-refractivity contribution >= 4 is 17.5 Å². The van der Waals surface area contributed by atoms with Crippen LogP contribution in [0.4, 0.5) is 5.69 Å². The second kappa shape index (κ2) is 7.91. The predicted octanol–water partition coefficient (Wildman–Crippen LogP) is 2.89. The summed E-state index contributed by atoms with van der Waals surface area (Å²) in [6, 6.07) is 13.8. The molecule has 2 amide bonds. The third-order valence-electron chi connectivity index (χ3n) is 4.65. The van der Waals surface area contributed by atoms with Gasteiger partial charge in [-0.1, -0.05) is 24.3 Å². The van der Waals surface area contributed by atoms with Crippen LogP contribution in [-0.2, 0) is 4.79 Å². The van der Waals surface area contributed by atoms with Crippen LogP contribution in [0.1, 0.15) is 23.2 Å². The molecule has 0 spiro atoms. The number of likely N-dealkylation sites (tertiary alicyclic amines) is 1. The minimum atomic E-state index is -0.202. The van der Waals surface area contributed by atoms with Gasteiger partial charge in [0, 0.05) is 19.0 Å². The number of phenolic OH excluding ortho intramolecular Hbond substituents is 1. The van der Waals surface area contributed by atoms with Gasteiger partial charge < -0.3 is 20.1 Å². The van der Waals surface area contributed by atoms with Crippen LogP contribution in [0.5, 0.6) is 11.5 Å². The average molecular weight is 354 g/mol. The van der Waals surface area contributed by atoms with E-state index in [0.717, 1.165) is 0 Å². The van der Waals surface area contributed by atoms with Crippen molar-refractivity contribution in [3.8, 4) is 11.5 Å². The average Bonchev–Trinajstić information content (AvgIpc) is 2.68. The molecule has 1 aliphatic rings. The molecule has 0 radical (unpaired) electrons. The summed E-state index contributed by atoms with van der Waals surface area (Å²) in [6.45, 7) is 0.967. The topological polar surface area (TPSA) is 78.9 Å². The van der Waals surface area contributed by atoms with Crippen LogP contribution in [0.15, 0.2) is 48.5 Å². The summed E-state index contributed by atoms with van der Waals surface area (Å²) >= 11 is 0. The lowest BCUT2D eigenvalue weighted by Crippen LogP contribution is -2.41. The lowest BCUT2D eigenvalue weighted by Gasteiger charge is -2.31. The van der Waals surface area contributed by atoms with E-state index in [-0.39, 0.29) is 23.5 Å². The molecule has 0 saturated carbocycles. The van der Waals surface area contributed by atoms with Crippen LogP contribution in [-0.4, -0.2) is 42.0 Å². The lowest BCUT2D eigenvalue weighted by molar-refractivity contribution is -0.121. The van der Waals surface area contributed by atoms with E-state index < -0.39 is 0 Å². The first-order valence-corrected chi connectivity index (χ1v) is 8.61. The van der Waals surface area contributed by atoms with E-state index in [2.05, 4.69) is 5.32 Å². The van der Waals surface area contributed by atoms with Gasteiger partial charge in [-0.3, -0.25) is 9.59 Å². The standard InChI is InChI=1S/C20H22N2O4/c1-26-18-9-5-3-7-16(18)21-19(24)14-10-12-22(13-11-14)20(25)15-6-2-4-8-17(15)23/h2-9,14,23H,10-13H2,1H3,(H,21,24). The van der Waals surface area contributed by atoms with Crippen LogP contribution in [0.2, 0.25) is 0 Å². The number of hydrogen-bond acceptors (Lipinski definition) is 4. The monoisotopic (exact) mass is 354 g/mol. The van der Waals surface area contributed by atoms with Gasteiger partial charge in [0.1, 0.15) is 11.5 Å². The number of methoxy groups -OCH3 is 1. The van der Waals surface area contributed by atoms with Gasteiger partial charge in [0.05, 0.1) is 18.4 Å². The lowest BCUT2D eigenvalue weighted by atomic mass is 9.95. The van der Waals surface area contributed by atoms with Crippen molar-refractivity contribution in [2.24, 2.45) is 5.92 Å². The number of benzene rings is 2. The number of nitrogens with one attached hydrogen (secondary N) is 1. The third-order valence-corrected chi connectivity index (χ3v) is 4.65. The van der Waals surface area contributed by atoms with Crippen molar-refractivity contribution in [3.05, 3.63) is 54.1 Å². The molecule has 2 aromatic rings. The number of rotatable bonds is 4. The highest BCUT2D eigenvalue weighted by molar-refractivity contribution is 5.97. The van der Waals surface area contributed by atoms with Gasteiger partial charge in [0.25, 0.3) is 5.91 Å². The molecule has 2 aromatic carbocycles. The first-order valence-electron chi connectivity index (χ1n) is 8.61. The number of phenols is 1. The molecule has 6 heteroatoms. The Kier molecular flexibility index (Phi) is 5.41. The summed E-state index contributed by atoms with van der Waals surface area (Å²) in [5.74, 6) is 0.172. The number of para-hydroxylation sites is 3. The molecule has 0 bridgehead atoms. The summed E-state index contributed by atoms with van der Waals surface area (Å²) in [5, 5.41) is 12.8. The van der Waals surface area contributed by atoms with Crippen molar-refractivity contribution in [3.63, 3.8) is 0 Å². The van der Waals surface area contributed by atoms with Crippen LogP contribution >= 0.6 is 0 Å². The van der Waals surface area contributed by atoms with Gasteiger partial charge >= 0.3 is 0 Å². The molecule has 0 aliphatic carbocycles. The molecule has 3 rings (SSSR count). The largest absolute Gasteiger partial charge is 0.507 e. The second-order valence-electron chi connectivity index (χ2n) is 6.27. The first kappa shape index (κ1) is 17.8. The Balaban J connectivity index is 1.59. The van der Waals surface area contributed by atoms with Gasteiger partial charge in [0.2, 0.25) is 5.91 Å². The minimum Gasteiger partial charge on any atom is -0.507 e. The number of aromatic hydroxyl groups is 1. The van der Waals surface area contributed by atoms with Crippen LogP contribution in [0.25, 0.3) is 0 Å². The highest BCUT2D eigenvalue weighted by Gasteiger charge is 2.29. The van der Waals surface area contributed by atoms with E-state index in [1.807, 2.05) is 12.1 Å².